The first-order valence-electron chi connectivity index (χ1n) is 12.4. The quantitative estimate of drug-likeness (QED) is 0.631. The first-order valence-corrected chi connectivity index (χ1v) is 12.4. The number of aromatic nitrogens is 4. The molecule has 0 N–H and O–H groups in total. The molecule has 1 atom stereocenters. The van der Waals surface area contributed by atoms with Gasteiger partial charge in [0.05, 0.1) is 12.9 Å². The number of aryl methyl sites for hydroxylation is 1. The molecule has 5 rings (SSSR count). The number of carbonyl (C=O) groups is 1. The highest BCUT2D eigenvalue weighted by atomic mass is 19.3. The van der Waals surface area contributed by atoms with Gasteiger partial charge in [-0.15, -0.1) is 0 Å². The molecule has 2 aromatic heterocycles. The van der Waals surface area contributed by atoms with Crippen molar-refractivity contribution in [1.82, 2.24) is 29.3 Å². The van der Waals surface area contributed by atoms with Crippen molar-refractivity contribution in [3.05, 3.63) is 6.33 Å². The van der Waals surface area contributed by atoms with Gasteiger partial charge in [-0.05, 0) is 32.1 Å². The van der Waals surface area contributed by atoms with E-state index in [4.69, 9.17) is 9.97 Å². The molecule has 1 amide bonds. The van der Waals surface area contributed by atoms with E-state index >= 15 is 0 Å². The number of amides is 1. The van der Waals surface area contributed by atoms with Crippen LogP contribution in [0.4, 0.5) is 20.5 Å². The van der Waals surface area contributed by atoms with Gasteiger partial charge in [0, 0.05) is 65.3 Å². The summed E-state index contributed by atoms with van der Waals surface area (Å²) in [4.78, 5) is 34.6. The van der Waals surface area contributed by atoms with Crippen LogP contribution in [0.2, 0.25) is 0 Å². The largest absolute Gasteiger partial charge is 0.352 e. The lowest BCUT2D eigenvalue weighted by atomic mass is 9.96. The summed E-state index contributed by atoms with van der Waals surface area (Å²) in [6.07, 6.45) is 3.12. The number of alkyl halides is 2. The summed E-state index contributed by atoms with van der Waals surface area (Å²) in [6, 6.07) is 0.00368. The molecule has 0 radical (unpaired) electrons. The predicted molar refractivity (Wildman–Crippen MR) is 126 cm³/mol. The van der Waals surface area contributed by atoms with E-state index in [-0.39, 0.29) is 12.6 Å². The summed E-state index contributed by atoms with van der Waals surface area (Å²) >= 11 is 0. The van der Waals surface area contributed by atoms with Gasteiger partial charge in [-0.1, -0.05) is 0 Å². The van der Waals surface area contributed by atoms with Crippen molar-refractivity contribution in [2.45, 2.75) is 45.1 Å². The summed E-state index contributed by atoms with van der Waals surface area (Å²) in [5.74, 6) is 2.29. The van der Waals surface area contributed by atoms with E-state index in [9.17, 15) is 13.6 Å². The highest BCUT2D eigenvalue weighted by Crippen LogP contribution is 2.30. The molecule has 3 fully saturated rings. The highest BCUT2D eigenvalue weighted by molar-refractivity contribution is 5.85. The lowest BCUT2D eigenvalue weighted by Crippen LogP contribution is -2.53. The van der Waals surface area contributed by atoms with E-state index in [1.54, 1.807) is 6.33 Å². The second-order valence-corrected chi connectivity index (χ2v) is 9.93. The maximum atomic E-state index is 12.9. The summed E-state index contributed by atoms with van der Waals surface area (Å²) in [6.45, 7) is 7.09. The molecular formula is C23H34F2N8O. The van der Waals surface area contributed by atoms with E-state index in [2.05, 4.69) is 14.8 Å². The van der Waals surface area contributed by atoms with Crippen molar-refractivity contribution in [3.8, 4) is 0 Å². The number of rotatable bonds is 6. The maximum Gasteiger partial charge on any atom is 0.251 e. The zero-order chi connectivity index (χ0) is 23.8. The SMILES string of the molecule is C[C@@H]1CN(c2nc(N3CCC(CN4CCCC4=O)CC3)nc3c2ncn3C)CCN1CC(F)F. The molecule has 0 spiro atoms. The van der Waals surface area contributed by atoms with Crippen LogP contribution >= 0.6 is 0 Å². The number of nitrogens with zero attached hydrogens (tertiary/aromatic N) is 8. The van der Waals surface area contributed by atoms with Crippen molar-refractivity contribution in [2.24, 2.45) is 13.0 Å². The predicted octanol–water partition coefficient (Wildman–Crippen LogP) is 1.98. The van der Waals surface area contributed by atoms with Crippen molar-refractivity contribution in [1.29, 1.82) is 0 Å². The van der Waals surface area contributed by atoms with Crippen molar-refractivity contribution in [3.63, 3.8) is 0 Å². The molecule has 34 heavy (non-hydrogen) atoms. The van der Waals surface area contributed by atoms with E-state index in [0.29, 0.717) is 43.8 Å². The van der Waals surface area contributed by atoms with Gasteiger partial charge in [0.2, 0.25) is 11.9 Å². The Hall–Kier alpha value is -2.56. The van der Waals surface area contributed by atoms with Crippen molar-refractivity contribution in [2.75, 3.05) is 62.2 Å². The van der Waals surface area contributed by atoms with Crippen LogP contribution in [0, 0.1) is 5.92 Å². The van der Waals surface area contributed by atoms with Gasteiger partial charge in [0.15, 0.2) is 17.0 Å². The molecule has 0 aliphatic carbocycles. The van der Waals surface area contributed by atoms with Gasteiger partial charge in [-0.25, -0.2) is 13.8 Å². The minimum atomic E-state index is -2.33. The van der Waals surface area contributed by atoms with Crippen LogP contribution in [-0.4, -0.2) is 100 Å². The van der Waals surface area contributed by atoms with Crippen LogP contribution in [-0.2, 0) is 11.8 Å². The second kappa shape index (κ2) is 9.59. The zero-order valence-corrected chi connectivity index (χ0v) is 20.0. The van der Waals surface area contributed by atoms with E-state index < -0.39 is 6.43 Å². The lowest BCUT2D eigenvalue weighted by Gasteiger charge is -2.40. The fourth-order valence-electron chi connectivity index (χ4n) is 5.50. The van der Waals surface area contributed by atoms with E-state index in [1.807, 2.05) is 28.3 Å². The Morgan fingerprint density at radius 1 is 1.09 bits per heavy atom. The molecule has 9 nitrogen and oxygen atoms in total. The van der Waals surface area contributed by atoms with Crippen LogP contribution in [0.25, 0.3) is 11.2 Å². The molecule has 3 saturated heterocycles. The Morgan fingerprint density at radius 2 is 1.88 bits per heavy atom. The molecule has 0 aromatic carbocycles. The molecular weight excluding hydrogens is 442 g/mol. The summed E-state index contributed by atoms with van der Waals surface area (Å²) in [5, 5.41) is 0. The van der Waals surface area contributed by atoms with Crippen LogP contribution in [0.5, 0.6) is 0 Å². The fourth-order valence-corrected chi connectivity index (χ4v) is 5.50. The molecule has 0 saturated carbocycles. The van der Waals surface area contributed by atoms with Gasteiger partial charge < -0.3 is 19.3 Å². The Kier molecular flexibility index (Phi) is 6.54. The number of likely N-dealkylation sites (tertiary alicyclic amines) is 1. The molecule has 0 bridgehead atoms. The number of halogens is 2. The minimum Gasteiger partial charge on any atom is -0.352 e. The topological polar surface area (TPSA) is 73.6 Å². The standard InChI is InChI=1S/C23H34F2N8O/c1-16-12-33(11-10-31(16)14-18(24)25)22-20-21(29(2)15-26-20)27-23(28-22)30-8-5-17(6-9-30)13-32-7-3-4-19(32)34/h15-18H,3-14H2,1-2H3/t16-/m1/s1. The van der Waals surface area contributed by atoms with Gasteiger partial charge in [0.1, 0.15) is 0 Å². The smallest absolute Gasteiger partial charge is 0.251 e. The zero-order valence-electron chi connectivity index (χ0n) is 20.0. The van der Waals surface area contributed by atoms with Crippen molar-refractivity contribution < 1.29 is 13.6 Å². The van der Waals surface area contributed by atoms with Gasteiger partial charge >= 0.3 is 0 Å². The Labute approximate surface area is 198 Å². The van der Waals surface area contributed by atoms with Gasteiger partial charge in [-0.3, -0.25) is 9.69 Å². The summed E-state index contributed by atoms with van der Waals surface area (Å²) in [5.41, 5.74) is 1.54. The molecule has 2 aromatic rings. The van der Waals surface area contributed by atoms with E-state index in [0.717, 1.165) is 62.4 Å². The first kappa shape index (κ1) is 23.2. The number of hydrogen-bond acceptors (Lipinski definition) is 7. The molecule has 3 aliphatic rings. The van der Waals surface area contributed by atoms with Crippen LogP contribution < -0.4 is 9.80 Å². The minimum absolute atomic E-state index is 0.00368. The first-order chi connectivity index (χ1) is 16.4. The molecule has 0 unspecified atom stereocenters. The maximum absolute atomic E-state index is 12.9. The average Bonchev–Trinajstić information content (AvgIpc) is 3.40. The number of hydrogen-bond donors (Lipinski definition) is 0. The van der Waals surface area contributed by atoms with Crippen LogP contribution in [0.1, 0.15) is 32.6 Å². The molecule has 3 aliphatic heterocycles. The highest BCUT2D eigenvalue weighted by Gasteiger charge is 2.31. The van der Waals surface area contributed by atoms with Gasteiger partial charge in [0.25, 0.3) is 6.43 Å². The number of anilines is 2. The van der Waals surface area contributed by atoms with Crippen LogP contribution in [0.15, 0.2) is 6.33 Å². The van der Waals surface area contributed by atoms with Crippen molar-refractivity contribution >= 4 is 28.8 Å². The number of fused-ring (bicyclic) bond motifs is 1. The monoisotopic (exact) mass is 476 g/mol. The Morgan fingerprint density at radius 3 is 2.56 bits per heavy atom. The summed E-state index contributed by atoms with van der Waals surface area (Å²) in [7, 11) is 1.93. The third-order valence-corrected chi connectivity index (χ3v) is 7.51. The molecule has 11 heteroatoms. The van der Waals surface area contributed by atoms with Gasteiger partial charge in [-0.2, -0.15) is 9.97 Å². The second-order valence-electron chi connectivity index (χ2n) is 9.93. The molecule has 5 heterocycles. The third kappa shape index (κ3) is 4.67. The third-order valence-electron chi connectivity index (χ3n) is 7.51. The van der Waals surface area contributed by atoms with Crippen LogP contribution in [0.3, 0.4) is 0 Å². The fraction of sp³-hybridized carbons (Fsp3) is 0.739. The number of piperazine rings is 1. The number of imidazole rings is 1. The van der Waals surface area contributed by atoms with E-state index in [1.165, 1.54) is 0 Å². The lowest BCUT2D eigenvalue weighted by molar-refractivity contribution is -0.128. The number of carbonyl (C=O) groups excluding carboxylic acids is 1. The summed E-state index contributed by atoms with van der Waals surface area (Å²) < 4.78 is 27.8. The average molecular weight is 477 g/mol. The normalized spacial score (nSPS) is 23.1. The Bertz CT molecular complexity index is 1020. The Balaban J connectivity index is 1.31. The number of piperidine rings is 1. The molecule has 186 valence electrons.